The highest BCUT2D eigenvalue weighted by Gasteiger charge is 2.19. The number of nitrogens with one attached hydrogen (secondary N) is 2. The molecule has 0 bridgehead atoms. The van der Waals surface area contributed by atoms with E-state index in [9.17, 15) is 8.42 Å². The second-order valence-corrected chi connectivity index (χ2v) is 6.43. The number of aromatic nitrogens is 2. The van der Waals surface area contributed by atoms with Crippen LogP contribution in [-0.2, 0) is 23.5 Å². The van der Waals surface area contributed by atoms with Gasteiger partial charge in [0.1, 0.15) is 0 Å². The van der Waals surface area contributed by atoms with Crippen molar-refractivity contribution >= 4 is 21.4 Å². The predicted octanol–water partition coefficient (Wildman–Crippen LogP) is 1.58. The van der Waals surface area contributed by atoms with E-state index in [1.165, 1.54) is 22.5 Å². The maximum atomic E-state index is 12.3. The Morgan fingerprint density at radius 2 is 2.20 bits per heavy atom. The van der Waals surface area contributed by atoms with Crippen molar-refractivity contribution in [3.8, 4) is 0 Å². The van der Waals surface area contributed by atoms with Crippen molar-refractivity contribution in [3.63, 3.8) is 0 Å². The molecule has 2 heterocycles. The van der Waals surface area contributed by atoms with Gasteiger partial charge < -0.3 is 5.32 Å². The molecule has 0 amide bonds. The van der Waals surface area contributed by atoms with Crippen molar-refractivity contribution in [2.45, 2.75) is 17.9 Å². The summed E-state index contributed by atoms with van der Waals surface area (Å²) >= 11 is 0. The first-order chi connectivity index (χ1) is 9.56. The molecule has 20 heavy (non-hydrogen) atoms. The maximum absolute atomic E-state index is 12.3. The average Bonchev–Trinajstić information content (AvgIpc) is 2.85. The van der Waals surface area contributed by atoms with E-state index in [4.69, 9.17) is 0 Å². The molecule has 0 unspecified atom stereocenters. The average molecular weight is 292 g/mol. The zero-order chi connectivity index (χ0) is 14.2. The van der Waals surface area contributed by atoms with Crippen molar-refractivity contribution in [1.29, 1.82) is 0 Å². The summed E-state index contributed by atoms with van der Waals surface area (Å²) in [5, 5.41) is 7.30. The minimum absolute atomic E-state index is 0.142. The lowest BCUT2D eigenvalue weighted by Crippen LogP contribution is -2.17. The maximum Gasteiger partial charge on any atom is 0.279 e. The molecule has 0 radical (unpaired) electrons. The van der Waals surface area contributed by atoms with Crippen LogP contribution in [0.5, 0.6) is 0 Å². The van der Waals surface area contributed by atoms with Crippen molar-refractivity contribution in [1.82, 2.24) is 9.78 Å². The summed E-state index contributed by atoms with van der Waals surface area (Å²) in [7, 11) is -2.00. The zero-order valence-corrected chi connectivity index (χ0v) is 11.9. The quantitative estimate of drug-likeness (QED) is 0.900. The Kier molecular flexibility index (Phi) is 3.13. The number of hydrogen-bond acceptors (Lipinski definition) is 4. The van der Waals surface area contributed by atoms with Crippen LogP contribution in [0.15, 0.2) is 35.5 Å². The fourth-order valence-corrected chi connectivity index (χ4v) is 3.53. The van der Waals surface area contributed by atoms with Gasteiger partial charge in [0.05, 0.1) is 11.9 Å². The molecule has 3 rings (SSSR count). The number of rotatable bonds is 3. The Hall–Kier alpha value is -2.02. The molecular weight excluding hydrogens is 276 g/mol. The first-order valence-corrected chi connectivity index (χ1v) is 7.92. The van der Waals surface area contributed by atoms with E-state index >= 15 is 0 Å². The number of nitrogens with zero attached hydrogens (tertiary/aromatic N) is 2. The van der Waals surface area contributed by atoms with Crippen LogP contribution >= 0.6 is 0 Å². The van der Waals surface area contributed by atoms with Gasteiger partial charge in [-0.25, -0.2) is 0 Å². The lowest BCUT2D eigenvalue weighted by atomic mass is 10.0. The van der Waals surface area contributed by atoms with Crippen LogP contribution in [0.25, 0.3) is 0 Å². The summed E-state index contributed by atoms with van der Waals surface area (Å²) in [5.41, 5.74) is 2.78. The highest BCUT2D eigenvalue weighted by Crippen LogP contribution is 2.26. The van der Waals surface area contributed by atoms with E-state index in [1.54, 1.807) is 13.1 Å². The zero-order valence-electron chi connectivity index (χ0n) is 11.1. The van der Waals surface area contributed by atoms with Crippen molar-refractivity contribution in [3.05, 3.63) is 36.0 Å². The second kappa shape index (κ2) is 4.82. The smallest absolute Gasteiger partial charge is 0.279 e. The molecule has 106 valence electrons. The first-order valence-electron chi connectivity index (χ1n) is 6.44. The number of benzene rings is 1. The lowest BCUT2D eigenvalue weighted by molar-refractivity contribution is 0.582. The molecule has 1 aromatic carbocycles. The molecule has 1 aliphatic rings. The topological polar surface area (TPSA) is 76.0 Å². The number of hydrogen-bond donors (Lipinski definition) is 2. The van der Waals surface area contributed by atoms with Crippen molar-refractivity contribution < 1.29 is 8.42 Å². The molecule has 0 aliphatic carbocycles. The van der Waals surface area contributed by atoms with Crippen molar-refractivity contribution in [2.75, 3.05) is 16.6 Å². The largest absolute Gasteiger partial charge is 0.385 e. The van der Waals surface area contributed by atoms with Crippen LogP contribution in [0.2, 0.25) is 0 Å². The highest BCUT2D eigenvalue weighted by molar-refractivity contribution is 7.92. The van der Waals surface area contributed by atoms with Crippen LogP contribution in [0.1, 0.15) is 12.0 Å². The van der Waals surface area contributed by atoms with Gasteiger partial charge in [-0.3, -0.25) is 9.40 Å². The Labute approximate surface area is 117 Å². The summed E-state index contributed by atoms with van der Waals surface area (Å²) < 4.78 is 28.4. The minimum Gasteiger partial charge on any atom is -0.385 e. The van der Waals surface area contributed by atoms with E-state index in [2.05, 4.69) is 15.1 Å². The van der Waals surface area contributed by atoms with E-state index in [-0.39, 0.29) is 5.03 Å². The Morgan fingerprint density at radius 3 is 2.95 bits per heavy atom. The molecule has 0 spiro atoms. The molecule has 2 N–H and O–H groups in total. The number of sulfonamides is 1. The van der Waals surface area contributed by atoms with Gasteiger partial charge in [-0.05, 0) is 36.6 Å². The van der Waals surface area contributed by atoms with Crippen LogP contribution in [0, 0.1) is 0 Å². The van der Waals surface area contributed by atoms with Gasteiger partial charge in [0.25, 0.3) is 10.0 Å². The number of anilines is 2. The third-order valence-corrected chi connectivity index (χ3v) is 4.81. The minimum atomic E-state index is -3.60. The fraction of sp³-hybridized carbons (Fsp3) is 0.308. The predicted molar refractivity (Wildman–Crippen MR) is 77.3 cm³/mol. The van der Waals surface area contributed by atoms with Crippen LogP contribution in [-0.4, -0.2) is 24.7 Å². The normalized spacial score (nSPS) is 14.4. The van der Waals surface area contributed by atoms with Gasteiger partial charge in [0.2, 0.25) is 0 Å². The Bertz CT molecular complexity index is 737. The van der Waals surface area contributed by atoms with Crippen LogP contribution in [0.3, 0.4) is 0 Å². The standard InChI is InChI=1S/C13H16N4O2S/c1-17-13(6-8-15-17)20(18,19)16-11-5-4-10-3-2-7-14-12(10)9-11/h4-6,8-9,14,16H,2-3,7H2,1H3. The van der Waals surface area contributed by atoms with E-state index in [1.807, 2.05) is 12.1 Å². The van der Waals surface area contributed by atoms with Gasteiger partial charge in [0, 0.05) is 19.3 Å². The van der Waals surface area contributed by atoms with Crippen LogP contribution < -0.4 is 10.0 Å². The summed E-state index contributed by atoms with van der Waals surface area (Å²) in [5.74, 6) is 0. The monoisotopic (exact) mass is 292 g/mol. The summed E-state index contributed by atoms with van der Waals surface area (Å²) in [6, 6.07) is 7.06. The molecule has 1 aromatic heterocycles. The third kappa shape index (κ3) is 2.36. The van der Waals surface area contributed by atoms with Crippen LogP contribution in [0.4, 0.5) is 11.4 Å². The van der Waals surface area contributed by atoms with Gasteiger partial charge in [0.15, 0.2) is 5.03 Å². The molecule has 7 heteroatoms. The molecule has 0 fully saturated rings. The van der Waals surface area contributed by atoms with Crippen molar-refractivity contribution in [2.24, 2.45) is 7.05 Å². The SMILES string of the molecule is Cn1nccc1S(=O)(=O)Nc1ccc2c(c1)NCCC2. The van der Waals surface area contributed by atoms with E-state index < -0.39 is 10.0 Å². The van der Waals surface area contributed by atoms with E-state index in [0.717, 1.165) is 25.1 Å². The van der Waals surface area contributed by atoms with Gasteiger partial charge in [-0.15, -0.1) is 0 Å². The number of aryl methyl sites for hydroxylation is 2. The Morgan fingerprint density at radius 1 is 1.35 bits per heavy atom. The fourth-order valence-electron chi connectivity index (χ4n) is 2.36. The molecule has 0 atom stereocenters. The molecular formula is C13H16N4O2S. The first kappa shape index (κ1) is 13.0. The molecule has 0 saturated heterocycles. The summed E-state index contributed by atoms with van der Waals surface area (Å²) in [6.07, 6.45) is 3.59. The third-order valence-electron chi connectivity index (χ3n) is 3.35. The summed E-state index contributed by atoms with van der Waals surface area (Å²) in [6.45, 7) is 0.922. The molecule has 6 nitrogen and oxygen atoms in total. The molecule has 0 saturated carbocycles. The summed E-state index contributed by atoms with van der Waals surface area (Å²) in [4.78, 5) is 0. The van der Waals surface area contributed by atoms with Gasteiger partial charge in [-0.2, -0.15) is 13.5 Å². The van der Waals surface area contributed by atoms with E-state index in [0.29, 0.717) is 5.69 Å². The molecule has 1 aliphatic heterocycles. The highest BCUT2D eigenvalue weighted by atomic mass is 32.2. The lowest BCUT2D eigenvalue weighted by Gasteiger charge is -2.19. The Balaban J connectivity index is 1.90. The molecule has 2 aromatic rings. The van der Waals surface area contributed by atoms with Gasteiger partial charge in [-0.1, -0.05) is 6.07 Å². The number of fused-ring (bicyclic) bond motifs is 1. The van der Waals surface area contributed by atoms with Gasteiger partial charge >= 0.3 is 0 Å². The second-order valence-electron chi connectivity index (χ2n) is 4.80.